The molecule has 1 fully saturated rings. The maximum atomic E-state index is 14.2. The van der Waals surface area contributed by atoms with Gasteiger partial charge in [-0.1, -0.05) is 0 Å². The van der Waals surface area contributed by atoms with Crippen molar-refractivity contribution in [1.82, 2.24) is 19.9 Å². The third-order valence-corrected chi connectivity index (χ3v) is 5.06. The van der Waals surface area contributed by atoms with Gasteiger partial charge in [0.05, 0.1) is 11.4 Å². The number of halogens is 2. The molecule has 1 saturated carbocycles. The number of pyridine rings is 2. The van der Waals surface area contributed by atoms with E-state index in [2.05, 4.69) is 25.3 Å². The summed E-state index contributed by atoms with van der Waals surface area (Å²) in [6, 6.07) is 5.92. The number of carbonyl (C=O) groups is 1. The summed E-state index contributed by atoms with van der Waals surface area (Å²) in [7, 11) is 0. The fourth-order valence-corrected chi connectivity index (χ4v) is 3.53. The number of primary amides is 1. The second-order valence-electron chi connectivity index (χ2n) is 7.06. The first-order chi connectivity index (χ1) is 14.0. The number of nitrogens with zero attached hydrogens (tertiary/aromatic N) is 4. The number of aromatic nitrogens is 4. The van der Waals surface area contributed by atoms with E-state index in [4.69, 9.17) is 5.73 Å². The van der Waals surface area contributed by atoms with Crippen molar-refractivity contribution in [3.05, 3.63) is 66.1 Å². The first kappa shape index (κ1) is 18.9. The van der Waals surface area contributed by atoms with Crippen molar-refractivity contribution in [3.8, 4) is 11.3 Å². The van der Waals surface area contributed by atoms with Gasteiger partial charge in [-0.25, -0.2) is 18.7 Å². The van der Waals surface area contributed by atoms with Crippen molar-refractivity contribution in [2.24, 2.45) is 5.73 Å². The lowest BCUT2D eigenvalue weighted by molar-refractivity contribution is 0.0963. The summed E-state index contributed by atoms with van der Waals surface area (Å²) in [4.78, 5) is 28.1. The lowest BCUT2D eigenvalue weighted by Gasteiger charge is -2.43. The van der Waals surface area contributed by atoms with Gasteiger partial charge in [-0.3, -0.25) is 14.8 Å². The average molecular weight is 396 g/mol. The predicted octanol–water partition coefficient (Wildman–Crippen LogP) is 2.65. The highest BCUT2D eigenvalue weighted by molar-refractivity contribution is 5.93. The monoisotopic (exact) mass is 396 g/mol. The summed E-state index contributed by atoms with van der Waals surface area (Å²) >= 11 is 0. The molecule has 1 aliphatic rings. The lowest BCUT2D eigenvalue weighted by Crippen LogP contribution is -2.49. The number of nitrogens with two attached hydrogens (primary N) is 1. The summed E-state index contributed by atoms with van der Waals surface area (Å²) in [5, 5.41) is 3.05. The molecule has 3 aromatic rings. The Morgan fingerprint density at radius 2 is 1.93 bits per heavy atom. The number of carbonyl (C=O) groups excluding carboxylic acids is 1. The Hall–Kier alpha value is -3.49. The zero-order chi connectivity index (χ0) is 20.4. The van der Waals surface area contributed by atoms with Gasteiger partial charge in [-0.15, -0.1) is 0 Å². The van der Waals surface area contributed by atoms with Crippen LogP contribution in [0.4, 0.5) is 14.7 Å². The van der Waals surface area contributed by atoms with Crippen LogP contribution in [0.1, 0.15) is 28.9 Å². The highest BCUT2D eigenvalue weighted by Gasteiger charge is 2.48. The quantitative estimate of drug-likeness (QED) is 0.663. The second kappa shape index (κ2) is 7.50. The van der Waals surface area contributed by atoms with Gasteiger partial charge in [-0.05, 0) is 37.1 Å². The molecule has 1 aliphatic carbocycles. The van der Waals surface area contributed by atoms with Gasteiger partial charge in [0, 0.05) is 47.9 Å². The van der Waals surface area contributed by atoms with Gasteiger partial charge in [0.15, 0.2) is 0 Å². The third-order valence-electron chi connectivity index (χ3n) is 5.06. The molecule has 0 radical (unpaired) electrons. The van der Waals surface area contributed by atoms with E-state index in [0.717, 1.165) is 0 Å². The Balaban J connectivity index is 1.50. The van der Waals surface area contributed by atoms with E-state index < -0.39 is 23.3 Å². The number of hydrogen-bond donors (Lipinski definition) is 2. The average Bonchev–Trinajstić information content (AvgIpc) is 2.71. The number of anilines is 1. The van der Waals surface area contributed by atoms with Crippen LogP contribution in [0.15, 0.2) is 49.1 Å². The van der Waals surface area contributed by atoms with E-state index in [1.165, 1.54) is 30.6 Å². The Morgan fingerprint density at radius 1 is 1.17 bits per heavy atom. The minimum atomic E-state index is -0.981. The Bertz CT molecular complexity index is 1040. The van der Waals surface area contributed by atoms with E-state index in [1.807, 2.05) is 0 Å². The minimum Gasteiger partial charge on any atom is -0.366 e. The molecule has 0 aliphatic heterocycles. The summed E-state index contributed by atoms with van der Waals surface area (Å²) in [6.07, 6.45) is 5.49. The van der Waals surface area contributed by atoms with Crippen molar-refractivity contribution < 1.29 is 13.6 Å². The maximum Gasteiger partial charge on any atom is 0.248 e. The second-order valence-corrected chi connectivity index (χ2v) is 7.06. The summed E-state index contributed by atoms with van der Waals surface area (Å²) in [5.74, 6) is -0.678. The van der Waals surface area contributed by atoms with Gasteiger partial charge < -0.3 is 11.1 Å². The number of amides is 1. The predicted molar refractivity (Wildman–Crippen MR) is 102 cm³/mol. The molecule has 29 heavy (non-hydrogen) atoms. The Morgan fingerprint density at radius 3 is 2.59 bits per heavy atom. The molecule has 0 atom stereocenters. The van der Waals surface area contributed by atoms with E-state index in [1.54, 1.807) is 18.5 Å². The van der Waals surface area contributed by atoms with Gasteiger partial charge in [0.2, 0.25) is 11.9 Å². The molecule has 3 aromatic heterocycles. The Kier molecular flexibility index (Phi) is 4.87. The molecule has 3 heterocycles. The number of nitrogens with one attached hydrogen (secondary N) is 1. The summed E-state index contributed by atoms with van der Waals surface area (Å²) in [5.41, 5.74) is 6.27. The highest BCUT2D eigenvalue weighted by atomic mass is 19.1. The number of rotatable bonds is 6. The molecule has 0 bridgehead atoms. The number of alkyl halides is 1. The SMILES string of the molecule is NC(=O)c1ccnc(-c2cnc(NCC3(c4ncccc4F)CC(F)C3)nc2)c1. The largest absolute Gasteiger partial charge is 0.366 e. The zero-order valence-corrected chi connectivity index (χ0v) is 15.3. The van der Waals surface area contributed by atoms with Gasteiger partial charge >= 0.3 is 0 Å². The van der Waals surface area contributed by atoms with Crippen molar-refractivity contribution in [2.45, 2.75) is 24.4 Å². The molecule has 0 aromatic carbocycles. The first-order valence-corrected chi connectivity index (χ1v) is 9.04. The van der Waals surface area contributed by atoms with E-state index >= 15 is 0 Å². The topological polar surface area (TPSA) is 107 Å². The van der Waals surface area contributed by atoms with Crippen LogP contribution in [0.2, 0.25) is 0 Å². The van der Waals surface area contributed by atoms with E-state index in [9.17, 15) is 13.6 Å². The molecule has 0 saturated heterocycles. The van der Waals surface area contributed by atoms with Gasteiger partial charge in [0.1, 0.15) is 12.0 Å². The molecule has 4 rings (SSSR count). The van der Waals surface area contributed by atoms with Crippen LogP contribution in [0.3, 0.4) is 0 Å². The van der Waals surface area contributed by atoms with Gasteiger partial charge in [0.25, 0.3) is 0 Å². The zero-order valence-electron chi connectivity index (χ0n) is 15.3. The molecule has 0 spiro atoms. The van der Waals surface area contributed by atoms with Crippen LogP contribution in [0.25, 0.3) is 11.3 Å². The fourth-order valence-electron chi connectivity index (χ4n) is 3.53. The van der Waals surface area contributed by atoms with Crippen molar-refractivity contribution in [1.29, 1.82) is 0 Å². The van der Waals surface area contributed by atoms with E-state index in [0.29, 0.717) is 22.8 Å². The molecule has 9 heteroatoms. The third kappa shape index (κ3) is 3.75. The van der Waals surface area contributed by atoms with Crippen molar-refractivity contribution in [3.63, 3.8) is 0 Å². The molecule has 3 N–H and O–H groups in total. The molecule has 148 valence electrons. The standard InChI is InChI=1S/C20H18F2N6O/c21-14-7-20(8-14,17-15(22)2-1-4-25-17)11-28-19-26-9-13(10-27-19)16-6-12(18(23)29)3-5-24-16/h1-6,9-10,14H,7-8,11H2,(H2,23,29)(H,26,27,28). The van der Waals surface area contributed by atoms with Crippen LogP contribution >= 0.6 is 0 Å². The van der Waals surface area contributed by atoms with Crippen molar-refractivity contribution in [2.75, 3.05) is 11.9 Å². The summed E-state index contributed by atoms with van der Waals surface area (Å²) < 4.78 is 27.8. The van der Waals surface area contributed by atoms with Crippen LogP contribution in [-0.4, -0.2) is 38.6 Å². The highest BCUT2D eigenvalue weighted by Crippen LogP contribution is 2.45. The smallest absolute Gasteiger partial charge is 0.248 e. The Labute approximate surface area is 165 Å². The van der Waals surface area contributed by atoms with E-state index in [-0.39, 0.29) is 25.1 Å². The van der Waals surface area contributed by atoms with Crippen LogP contribution < -0.4 is 11.1 Å². The van der Waals surface area contributed by atoms with Gasteiger partial charge in [-0.2, -0.15) is 0 Å². The number of hydrogen-bond acceptors (Lipinski definition) is 6. The van der Waals surface area contributed by atoms with Crippen LogP contribution in [0, 0.1) is 5.82 Å². The maximum absolute atomic E-state index is 14.2. The minimum absolute atomic E-state index is 0.190. The first-order valence-electron chi connectivity index (χ1n) is 9.04. The van der Waals surface area contributed by atoms with Crippen molar-refractivity contribution >= 4 is 11.9 Å². The normalized spacial score (nSPS) is 20.7. The van der Waals surface area contributed by atoms with Crippen LogP contribution in [-0.2, 0) is 5.41 Å². The van der Waals surface area contributed by atoms with Crippen LogP contribution in [0.5, 0.6) is 0 Å². The molecule has 7 nitrogen and oxygen atoms in total. The fraction of sp³-hybridized carbons (Fsp3) is 0.250. The molecule has 1 amide bonds. The summed E-state index contributed by atoms with van der Waals surface area (Å²) in [6.45, 7) is 0.260. The lowest BCUT2D eigenvalue weighted by atomic mass is 9.65. The molecule has 0 unspecified atom stereocenters. The molecular formula is C20H18F2N6O. The molecular weight excluding hydrogens is 378 g/mol.